The van der Waals surface area contributed by atoms with Crippen molar-refractivity contribution < 1.29 is 37.4 Å². The first-order valence-corrected chi connectivity index (χ1v) is 16.8. The van der Waals surface area contributed by atoms with Crippen molar-refractivity contribution in [3.05, 3.63) is 80.8 Å². The van der Waals surface area contributed by atoms with E-state index in [4.69, 9.17) is 23.0 Å². The van der Waals surface area contributed by atoms with Crippen LogP contribution in [0.5, 0.6) is 5.75 Å². The third-order valence-corrected chi connectivity index (χ3v) is 9.38. The van der Waals surface area contributed by atoms with Crippen LogP contribution in [0.1, 0.15) is 109 Å². The molecule has 2 saturated heterocycles. The van der Waals surface area contributed by atoms with Crippen LogP contribution in [0, 0.1) is 12.3 Å². The van der Waals surface area contributed by atoms with Gasteiger partial charge in [0.25, 0.3) is 0 Å². The standard InChI is InChI=1S/C37H44N2O9/c1-6-44-30-18-29(34(42)45-21-31-23(2)46-35(43)47-31)28(24-7-8-24)17-26(30)20-38-15-13-37(14-16-38)19-32(40)39(22-37)27-11-9-25(10-12-27)33(41)48-36(3,4)5/h9-12,17-18,24H,6-8,13-16,19-22H2,1-5H3. The molecular weight excluding hydrogens is 616 g/mol. The number of amides is 1. The summed E-state index contributed by atoms with van der Waals surface area (Å²) in [4.78, 5) is 54.6. The fourth-order valence-corrected chi connectivity index (χ4v) is 6.69. The third-order valence-electron chi connectivity index (χ3n) is 9.38. The van der Waals surface area contributed by atoms with Crippen LogP contribution in [0.4, 0.5) is 5.69 Å². The number of likely N-dealkylation sites (tertiary alicyclic amines) is 1. The molecule has 2 aliphatic heterocycles. The molecule has 1 aliphatic carbocycles. The van der Waals surface area contributed by atoms with Gasteiger partial charge in [0.15, 0.2) is 18.1 Å². The first-order valence-electron chi connectivity index (χ1n) is 16.8. The Morgan fingerprint density at radius 3 is 2.31 bits per heavy atom. The summed E-state index contributed by atoms with van der Waals surface area (Å²) >= 11 is 0. The maximum Gasteiger partial charge on any atom is 0.519 e. The zero-order valence-corrected chi connectivity index (χ0v) is 28.4. The van der Waals surface area contributed by atoms with Crippen molar-refractivity contribution in [2.75, 3.05) is 31.1 Å². The number of benzene rings is 2. The van der Waals surface area contributed by atoms with Crippen LogP contribution in [-0.2, 0) is 27.4 Å². The number of aryl methyl sites for hydroxylation is 1. The van der Waals surface area contributed by atoms with Crippen LogP contribution < -0.4 is 15.5 Å². The third kappa shape index (κ3) is 7.51. The Bertz CT molecular complexity index is 1740. The van der Waals surface area contributed by atoms with E-state index in [1.54, 1.807) is 25.1 Å². The van der Waals surface area contributed by atoms with E-state index in [1.165, 1.54) is 0 Å². The van der Waals surface area contributed by atoms with E-state index in [0.717, 1.165) is 55.6 Å². The van der Waals surface area contributed by atoms with Crippen LogP contribution in [0.2, 0.25) is 0 Å². The lowest BCUT2D eigenvalue weighted by Gasteiger charge is -2.39. The number of hydrogen-bond donors (Lipinski definition) is 0. The molecule has 3 fully saturated rings. The Hall–Kier alpha value is -4.38. The van der Waals surface area contributed by atoms with E-state index >= 15 is 0 Å². The number of ether oxygens (including phenoxy) is 3. The molecule has 3 aromatic rings. The predicted molar refractivity (Wildman–Crippen MR) is 176 cm³/mol. The highest BCUT2D eigenvalue weighted by molar-refractivity contribution is 5.97. The van der Waals surface area contributed by atoms with Gasteiger partial charge in [-0.15, -0.1) is 0 Å². The molecule has 1 spiro atoms. The minimum Gasteiger partial charge on any atom is -0.494 e. The number of esters is 2. The minimum absolute atomic E-state index is 0.0978. The van der Waals surface area contributed by atoms with Gasteiger partial charge in [0, 0.05) is 30.8 Å². The monoisotopic (exact) mass is 660 g/mol. The quantitative estimate of drug-likeness (QED) is 0.234. The van der Waals surface area contributed by atoms with Crippen LogP contribution in [0.15, 0.2) is 50.0 Å². The summed E-state index contributed by atoms with van der Waals surface area (Å²) in [5, 5.41) is 0. The number of nitrogens with zero attached hydrogens (tertiary/aromatic N) is 2. The second-order valence-electron chi connectivity index (χ2n) is 14.2. The zero-order chi connectivity index (χ0) is 34.2. The van der Waals surface area contributed by atoms with E-state index in [9.17, 15) is 19.2 Å². The molecule has 11 nitrogen and oxygen atoms in total. The van der Waals surface area contributed by atoms with Crippen molar-refractivity contribution in [2.45, 2.75) is 91.4 Å². The maximum absolute atomic E-state index is 13.3. The van der Waals surface area contributed by atoms with Crippen molar-refractivity contribution in [1.82, 2.24) is 4.90 Å². The number of carbonyl (C=O) groups is 3. The van der Waals surface area contributed by atoms with Crippen molar-refractivity contribution in [3.63, 3.8) is 0 Å². The predicted octanol–water partition coefficient (Wildman–Crippen LogP) is 6.15. The van der Waals surface area contributed by atoms with Gasteiger partial charge < -0.3 is 27.9 Å². The number of anilines is 1. The average molecular weight is 661 g/mol. The zero-order valence-electron chi connectivity index (χ0n) is 28.4. The van der Waals surface area contributed by atoms with Gasteiger partial charge in [-0.25, -0.2) is 14.4 Å². The van der Waals surface area contributed by atoms with Crippen LogP contribution in [0.25, 0.3) is 0 Å². The van der Waals surface area contributed by atoms with Gasteiger partial charge in [0.1, 0.15) is 11.4 Å². The maximum atomic E-state index is 13.3. The molecule has 0 N–H and O–H groups in total. The van der Waals surface area contributed by atoms with Crippen LogP contribution in [-0.4, -0.2) is 54.6 Å². The first kappa shape index (κ1) is 33.5. The van der Waals surface area contributed by atoms with Gasteiger partial charge in [-0.1, -0.05) is 0 Å². The van der Waals surface area contributed by atoms with Gasteiger partial charge in [0.2, 0.25) is 5.91 Å². The molecule has 48 heavy (non-hydrogen) atoms. The fourth-order valence-electron chi connectivity index (χ4n) is 6.69. The van der Waals surface area contributed by atoms with E-state index in [1.807, 2.05) is 44.7 Å². The lowest BCUT2D eigenvalue weighted by atomic mass is 9.77. The fraction of sp³-hybridized carbons (Fsp3) is 0.514. The Kier molecular flexibility index (Phi) is 9.26. The molecule has 0 unspecified atom stereocenters. The molecule has 3 heterocycles. The van der Waals surface area contributed by atoms with Crippen molar-refractivity contribution in [3.8, 4) is 5.75 Å². The normalized spacial score (nSPS) is 17.9. The molecule has 256 valence electrons. The second-order valence-corrected chi connectivity index (χ2v) is 14.2. The topological polar surface area (TPSA) is 129 Å². The first-order chi connectivity index (χ1) is 22.8. The van der Waals surface area contributed by atoms with Crippen LogP contribution in [0.3, 0.4) is 0 Å². The molecule has 2 aromatic carbocycles. The van der Waals surface area contributed by atoms with Crippen molar-refractivity contribution in [2.24, 2.45) is 5.41 Å². The smallest absolute Gasteiger partial charge is 0.494 e. The molecule has 0 bridgehead atoms. The molecular formula is C37H44N2O9. The summed E-state index contributed by atoms with van der Waals surface area (Å²) in [7, 11) is 0. The Morgan fingerprint density at radius 2 is 1.71 bits per heavy atom. The van der Waals surface area contributed by atoms with Gasteiger partial charge in [0.05, 0.1) is 17.7 Å². The van der Waals surface area contributed by atoms with Crippen LogP contribution >= 0.6 is 0 Å². The highest BCUT2D eigenvalue weighted by Gasteiger charge is 2.45. The van der Waals surface area contributed by atoms with E-state index in [-0.39, 0.29) is 41.3 Å². The largest absolute Gasteiger partial charge is 0.519 e. The van der Waals surface area contributed by atoms with Gasteiger partial charge in [-0.2, -0.15) is 0 Å². The molecule has 11 heteroatoms. The molecule has 3 aliphatic rings. The summed E-state index contributed by atoms with van der Waals surface area (Å²) in [6.45, 7) is 12.3. The molecule has 1 aromatic heterocycles. The summed E-state index contributed by atoms with van der Waals surface area (Å²) in [5.41, 5.74) is 3.03. The van der Waals surface area contributed by atoms with E-state index < -0.39 is 17.4 Å². The summed E-state index contributed by atoms with van der Waals surface area (Å²) < 4.78 is 26.9. The van der Waals surface area contributed by atoms with Gasteiger partial charge >= 0.3 is 17.8 Å². The highest BCUT2D eigenvalue weighted by atomic mass is 16.6. The summed E-state index contributed by atoms with van der Waals surface area (Å²) in [6, 6.07) is 11.0. The molecule has 1 amide bonds. The minimum atomic E-state index is -0.827. The Labute approximate surface area is 280 Å². The SMILES string of the molecule is CCOc1cc(C(=O)OCc2oc(=O)oc2C)c(C2CC2)cc1CN1CCC2(CC1)CC(=O)N(c1ccc(C(=O)OC(C)(C)C)cc1)C2. The average Bonchev–Trinajstić information content (AvgIpc) is 3.76. The van der Waals surface area contributed by atoms with E-state index in [2.05, 4.69) is 11.0 Å². The number of piperidine rings is 1. The van der Waals surface area contributed by atoms with Gasteiger partial charge in [-0.05, 0) is 127 Å². The second kappa shape index (κ2) is 13.3. The molecule has 1 saturated carbocycles. The van der Waals surface area contributed by atoms with Gasteiger partial charge in [-0.3, -0.25) is 9.69 Å². The molecule has 6 rings (SSSR count). The summed E-state index contributed by atoms with van der Waals surface area (Å²) in [6.07, 6.45) is 4.29. The summed E-state index contributed by atoms with van der Waals surface area (Å²) in [5.74, 6) is -0.190. The lowest BCUT2D eigenvalue weighted by molar-refractivity contribution is -0.118. The van der Waals surface area contributed by atoms with Crippen molar-refractivity contribution in [1.29, 1.82) is 0 Å². The number of carbonyl (C=O) groups excluding carboxylic acids is 3. The molecule has 0 atom stereocenters. The number of hydrogen-bond acceptors (Lipinski definition) is 10. The molecule has 0 radical (unpaired) electrons. The Morgan fingerprint density at radius 1 is 1.00 bits per heavy atom. The van der Waals surface area contributed by atoms with E-state index in [0.29, 0.717) is 43.0 Å². The Balaban J connectivity index is 1.11. The highest BCUT2D eigenvalue weighted by Crippen LogP contribution is 2.45. The number of rotatable bonds is 10. The lowest BCUT2D eigenvalue weighted by Crippen LogP contribution is -2.41. The van der Waals surface area contributed by atoms with Crippen molar-refractivity contribution >= 4 is 23.5 Å².